The number of nitrogens with zero attached hydrogens (tertiary/aromatic N) is 3. The zero-order valence-electron chi connectivity index (χ0n) is 11.8. The van der Waals surface area contributed by atoms with Gasteiger partial charge in [0, 0.05) is 32.4 Å². The van der Waals surface area contributed by atoms with Gasteiger partial charge in [-0.15, -0.1) is 0 Å². The maximum Gasteiger partial charge on any atom is 0.180 e. The lowest BCUT2D eigenvalue weighted by molar-refractivity contribution is 1.08. The molecule has 1 aromatic carbocycles. The van der Waals surface area contributed by atoms with Crippen molar-refractivity contribution in [2.45, 2.75) is 0 Å². The van der Waals surface area contributed by atoms with Gasteiger partial charge < -0.3 is 15.2 Å². The van der Waals surface area contributed by atoms with Gasteiger partial charge in [0.25, 0.3) is 0 Å². The van der Waals surface area contributed by atoms with E-state index >= 15 is 0 Å². The largest absolute Gasteiger partial charge is 0.388 e. The molecule has 0 saturated carbocycles. The second kappa shape index (κ2) is 4.85. The Balaban J connectivity index is 2.13. The van der Waals surface area contributed by atoms with Gasteiger partial charge in [-0.3, -0.25) is 0 Å². The van der Waals surface area contributed by atoms with Crippen molar-refractivity contribution in [1.82, 2.24) is 15.0 Å². The van der Waals surface area contributed by atoms with Crippen LogP contribution in [0.5, 0.6) is 0 Å². The third-order valence-corrected chi connectivity index (χ3v) is 3.24. The summed E-state index contributed by atoms with van der Waals surface area (Å²) in [5.41, 5.74) is 3.76. The van der Waals surface area contributed by atoms with E-state index in [1.807, 2.05) is 62.4 Å². The van der Waals surface area contributed by atoms with Gasteiger partial charge in [-0.05, 0) is 24.3 Å². The fraction of sp³-hybridized carbons (Fsp3) is 0.200. The highest BCUT2D eigenvalue weighted by Crippen LogP contribution is 2.27. The van der Waals surface area contributed by atoms with Gasteiger partial charge >= 0.3 is 0 Å². The molecule has 102 valence electrons. The van der Waals surface area contributed by atoms with Gasteiger partial charge in [-0.1, -0.05) is 12.1 Å². The molecule has 0 amide bonds. The second-order valence-corrected chi connectivity index (χ2v) is 4.82. The molecular weight excluding hydrogens is 250 g/mol. The van der Waals surface area contributed by atoms with Crippen LogP contribution in [-0.2, 0) is 0 Å². The Hall–Kier alpha value is -2.56. The van der Waals surface area contributed by atoms with Crippen molar-refractivity contribution in [1.29, 1.82) is 0 Å². The lowest BCUT2D eigenvalue weighted by atomic mass is 10.1. The number of rotatable bonds is 3. The monoisotopic (exact) mass is 267 g/mol. The average Bonchev–Trinajstić information content (AvgIpc) is 2.89. The minimum atomic E-state index is 0.733. The fourth-order valence-electron chi connectivity index (χ4n) is 2.17. The lowest BCUT2D eigenvalue weighted by Gasteiger charge is -2.09. The standard InChI is InChI=1S/C15H17N5/c1-16-11-7-5-4-6-10(11)14-17-12-8-9-13(20(2)3)18-15(12)19-14/h4-9,16H,1-3H3,(H,17,18,19). The highest BCUT2D eigenvalue weighted by molar-refractivity contribution is 5.81. The molecule has 0 aliphatic heterocycles. The molecule has 0 radical (unpaired) electrons. The molecule has 0 fully saturated rings. The molecule has 0 unspecified atom stereocenters. The number of benzene rings is 1. The van der Waals surface area contributed by atoms with Crippen LogP contribution in [0.3, 0.4) is 0 Å². The number of hydrogen-bond acceptors (Lipinski definition) is 4. The van der Waals surface area contributed by atoms with Crippen molar-refractivity contribution in [2.75, 3.05) is 31.4 Å². The third kappa shape index (κ3) is 2.07. The van der Waals surface area contributed by atoms with Crippen molar-refractivity contribution in [3.63, 3.8) is 0 Å². The van der Waals surface area contributed by atoms with Crippen LogP contribution in [0.2, 0.25) is 0 Å². The molecule has 2 heterocycles. The maximum absolute atomic E-state index is 4.60. The molecule has 2 N–H and O–H groups in total. The zero-order valence-corrected chi connectivity index (χ0v) is 11.8. The van der Waals surface area contributed by atoms with Gasteiger partial charge in [0.2, 0.25) is 0 Å². The fourth-order valence-corrected chi connectivity index (χ4v) is 2.17. The highest BCUT2D eigenvalue weighted by atomic mass is 15.1. The first kappa shape index (κ1) is 12.5. The predicted molar refractivity (Wildman–Crippen MR) is 83.2 cm³/mol. The first-order valence-corrected chi connectivity index (χ1v) is 6.50. The minimum Gasteiger partial charge on any atom is -0.388 e. The number of H-pyrrole nitrogens is 1. The normalized spacial score (nSPS) is 10.8. The molecule has 0 aliphatic carbocycles. The molecule has 0 bridgehead atoms. The number of fused-ring (bicyclic) bond motifs is 1. The maximum atomic E-state index is 4.60. The summed E-state index contributed by atoms with van der Waals surface area (Å²) in [5.74, 6) is 1.73. The number of anilines is 2. The van der Waals surface area contributed by atoms with Gasteiger partial charge in [-0.25, -0.2) is 9.97 Å². The first-order chi connectivity index (χ1) is 9.69. The second-order valence-electron chi connectivity index (χ2n) is 4.82. The van der Waals surface area contributed by atoms with Gasteiger partial charge in [0.1, 0.15) is 11.6 Å². The minimum absolute atomic E-state index is 0.733. The van der Waals surface area contributed by atoms with E-state index in [0.29, 0.717) is 0 Å². The molecule has 5 nitrogen and oxygen atoms in total. The smallest absolute Gasteiger partial charge is 0.180 e. The summed E-state index contributed by atoms with van der Waals surface area (Å²) in [4.78, 5) is 14.4. The van der Waals surface area contributed by atoms with Crippen LogP contribution in [0, 0.1) is 0 Å². The number of aromatic amines is 1. The van der Waals surface area contributed by atoms with E-state index < -0.39 is 0 Å². The molecule has 0 aliphatic rings. The number of imidazole rings is 1. The van der Waals surface area contributed by atoms with Crippen molar-refractivity contribution in [2.24, 2.45) is 0 Å². The number of hydrogen-bond donors (Lipinski definition) is 2. The summed E-state index contributed by atoms with van der Waals surface area (Å²) in [6.45, 7) is 0. The Morgan fingerprint density at radius 2 is 1.85 bits per heavy atom. The summed E-state index contributed by atoms with van der Waals surface area (Å²) in [5, 5.41) is 3.18. The third-order valence-electron chi connectivity index (χ3n) is 3.24. The Morgan fingerprint density at radius 1 is 1.05 bits per heavy atom. The summed E-state index contributed by atoms with van der Waals surface area (Å²) >= 11 is 0. The van der Waals surface area contributed by atoms with E-state index in [2.05, 4.69) is 20.3 Å². The Bertz CT molecular complexity index is 745. The SMILES string of the molecule is CNc1ccccc1-c1nc2nc(N(C)C)ccc2[nH]1. The van der Waals surface area contributed by atoms with Crippen LogP contribution in [0.15, 0.2) is 36.4 Å². The quantitative estimate of drug-likeness (QED) is 0.766. The van der Waals surface area contributed by atoms with E-state index in [0.717, 1.165) is 34.1 Å². The van der Waals surface area contributed by atoms with E-state index in [4.69, 9.17) is 0 Å². The molecule has 3 rings (SSSR count). The van der Waals surface area contributed by atoms with E-state index in [1.165, 1.54) is 0 Å². The van der Waals surface area contributed by atoms with Crippen LogP contribution in [0.4, 0.5) is 11.5 Å². The Morgan fingerprint density at radius 3 is 2.60 bits per heavy atom. The number of nitrogens with one attached hydrogen (secondary N) is 2. The molecule has 0 spiro atoms. The molecule has 20 heavy (non-hydrogen) atoms. The van der Waals surface area contributed by atoms with Gasteiger partial charge in [0.05, 0.1) is 5.52 Å². The highest BCUT2D eigenvalue weighted by Gasteiger charge is 2.10. The van der Waals surface area contributed by atoms with E-state index in [-0.39, 0.29) is 0 Å². The van der Waals surface area contributed by atoms with Crippen molar-refractivity contribution in [3.05, 3.63) is 36.4 Å². The number of aromatic nitrogens is 3. The lowest BCUT2D eigenvalue weighted by Crippen LogP contribution is -2.10. The van der Waals surface area contributed by atoms with Crippen LogP contribution < -0.4 is 10.2 Å². The first-order valence-electron chi connectivity index (χ1n) is 6.50. The molecule has 0 atom stereocenters. The number of pyridine rings is 1. The Labute approximate surface area is 117 Å². The molecular formula is C15H17N5. The van der Waals surface area contributed by atoms with Crippen LogP contribution >= 0.6 is 0 Å². The summed E-state index contributed by atoms with van der Waals surface area (Å²) in [7, 11) is 5.85. The van der Waals surface area contributed by atoms with Crippen LogP contribution in [0.1, 0.15) is 0 Å². The van der Waals surface area contributed by atoms with Gasteiger partial charge in [0.15, 0.2) is 5.65 Å². The summed E-state index contributed by atoms with van der Waals surface area (Å²) in [6, 6.07) is 12.1. The molecule has 2 aromatic heterocycles. The number of para-hydroxylation sites is 1. The molecule has 5 heteroatoms. The van der Waals surface area contributed by atoms with Crippen molar-refractivity contribution in [3.8, 4) is 11.4 Å². The molecule has 0 saturated heterocycles. The topological polar surface area (TPSA) is 56.8 Å². The van der Waals surface area contributed by atoms with E-state index in [1.54, 1.807) is 0 Å². The van der Waals surface area contributed by atoms with Crippen molar-refractivity contribution >= 4 is 22.7 Å². The zero-order chi connectivity index (χ0) is 14.1. The van der Waals surface area contributed by atoms with Crippen molar-refractivity contribution < 1.29 is 0 Å². The van der Waals surface area contributed by atoms with Gasteiger partial charge in [-0.2, -0.15) is 0 Å². The average molecular weight is 267 g/mol. The summed E-state index contributed by atoms with van der Waals surface area (Å²) in [6.07, 6.45) is 0. The van der Waals surface area contributed by atoms with E-state index in [9.17, 15) is 0 Å². The summed E-state index contributed by atoms with van der Waals surface area (Å²) < 4.78 is 0. The predicted octanol–water partition coefficient (Wildman–Crippen LogP) is 2.73. The van der Waals surface area contributed by atoms with Crippen LogP contribution in [-0.4, -0.2) is 36.1 Å². The van der Waals surface area contributed by atoms with Crippen LogP contribution in [0.25, 0.3) is 22.6 Å². The Kier molecular flexibility index (Phi) is 3.02. The molecule has 3 aromatic rings.